The molecule has 1 aromatic carbocycles. The minimum Gasteiger partial charge on any atom is -0.378 e. The van der Waals surface area contributed by atoms with Crippen molar-refractivity contribution in [1.82, 2.24) is 10.2 Å². The summed E-state index contributed by atoms with van der Waals surface area (Å²) >= 11 is 0. The number of nitrogens with one attached hydrogen (secondary N) is 1. The van der Waals surface area contributed by atoms with Crippen molar-refractivity contribution in [2.24, 2.45) is 0 Å². The normalized spacial score (nSPS) is 19.7. The number of rotatable bonds is 5. The monoisotopic (exact) mass is 389 g/mol. The van der Waals surface area contributed by atoms with E-state index in [0.717, 1.165) is 26.2 Å². The molecule has 2 aliphatic heterocycles. The van der Waals surface area contributed by atoms with Gasteiger partial charge in [0.15, 0.2) is 0 Å². The van der Waals surface area contributed by atoms with Gasteiger partial charge in [0, 0.05) is 51.4 Å². The average molecular weight is 390 g/mol. The number of carbonyl (C=O) groups is 1. The third kappa shape index (κ3) is 6.03. The van der Waals surface area contributed by atoms with E-state index in [1.54, 1.807) is 0 Å². The van der Waals surface area contributed by atoms with Crippen LogP contribution in [0.5, 0.6) is 0 Å². The predicted octanol–water partition coefficient (Wildman–Crippen LogP) is 2.47. The predicted molar refractivity (Wildman–Crippen MR) is 106 cm³/mol. The standard InChI is InChI=1S/C18H27N3O2.2ClH/c1-20(18(22)12-16-14-23-11-8-19-16)13-15-6-2-3-7-17(15)21-9-4-5-10-21;;/h2-3,6-7,16,19H,4-5,8-14H2,1H3;2*1H. The van der Waals surface area contributed by atoms with Crippen molar-refractivity contribution in [3.05, 3.63) is 29.8 Å². The molecule has 1 unspecified atom stereocenters. The fourth-order valence-corrected chi connectivity index (χ4v) is 3.37. The molecule has 2 heterocycles. The molecule has 25 heavy (non-hydrogen) atoms. The number of hydrogen-bond donors (Lipinski definition) is 1. The highest BCUT2D eigenvalue weighted by Gasteiger charge is 2.21. The van der Waals surface area contributed by atoms with Crippen LogP contribution in [0, 0.1) is 0 Å². The summed E-state index contributed by atoms with van der Waals surface area (Å²) in [7, 11) is 1.90. The number of halogens is 2. The van der Waals surface area contributed by atoms with Gasteiger partial charge in [0.2, 0.25) is 5.91 Å². The molecule has 2 saturated heterocycles. The molecular formula is C18H29Cl2N3O2. The summed E-state index contributed by atoms with van der Waals surface area (Å²) in [6.45, 7) is 5.11. The number of anilines is 1. The average Bonchev–Trinajstić information content (AvgIpc) is 3.10. The first-order chi connectivity index (χ1) is 11.2. The molecule has 2 aliphatic rings. The van der Waals surface area contributed by atoms with Crippen molar-refractivity contribution >= 4 is 36.4 Å². The molecule has 7 heteroatoms. The number of hydrogen-bond acceptors (Lipinski definition) is 4. The van der Waals surface area contributed by atoms with Gasteiger partial charge in [-0.15, -0.1) is 24.8 Å². The first-order valence-corrected chi connectivity index (χ1v) is 8.62. The van der Waals surface area contributed by atoms with Crippen LogP contribution in [0.1, 0.15) is 24.8 Å². The van der Waals surface area contributed by atoms with Crippen LogP contribution >= 0.6 is 24.8 Å². The lowest BCUT2D eigenvalue weighted by molar-refractivity contribution is -0.131. The molecule has 0 saturated carbocycles. The van der Waals surface area contributed by atoms with Crippen molar-refractivity contribution in [2.45, 2.75) is 31.8 Å². The quantitative estimate of drug-likeness (QED) is 0.839. The number of benzene rings is 1. The first kappa shape index (κ1) is 22.0. The van der Waals surface area contributed by atoms with Gasteiger partial charge in [0.1, 0.15) is 0 Å². The Morgan fingerprint density at radius 1 is 1.28 bits per heavy atom. The second-order valence-electron chi connectivity index (χ2n) is 6.50. The highest BCUT2D eigenvalue weighted by atomic mass is 35.5. The van der Waals surface area contributed by atoms with Crippen LogP contribution < -0.4 is 10.2 Å². The largest absolute Gasteiger partial charge is 0.378 e. The lowest BCUT2D eigenvalue weighted by atomic mass is 10.1. The number of para-hydroxylation sites is 1. The van der Waals surface area contributed by atoms with Gasteiger partial charge in [-0.1, -0.05) is 18.2 Å². The fraction of sp³-hybridized carbons (Fsp3) is 0.611. The van der Waals surface area contributed by atoms with E-state index in [1.165, 1.54) is 24.1 Å². The number of ether oxygens (including phenoxy) is 1. The number of nitrogens with zero attached hydrogens (tertiary/aromatic N) is 2. The molecule has 1 atom stereocenters. The van der Waals surface area contributed by atoms with E-state index in [1.807, 2.05) is 11.9 Å². The maximum Gasteiger partial charge on any atom is 0.224 e. The number of morpholine rings is 1. The van der Waals surface area contributed by atoms with Gasteiger partial charge >= 0.3 is 0 Å². The third-order valence-corrected chi connectivity index (χ3v) is 4.69. The fourth-order valence-electron chi connectivity index (χ4n) is 3.37. The lowest BCUT2D eigenvalue weighted by Gasteiger charge is -2.27. The summed E-state index contributed by atoms with van der Waals surface area (Å²) in [6, 6.07) is 8.61. The van der Waals surface area contributed by atoms with Crippen LogP contribution in [-0.2, 0) is 16.1 Å². The number of amides is 1. The van der Waals surface area contributed by atoms with Gasteiger partial charge in [-0.3, -0.25) is 4.79 Å². The van der Waals surface area contributed by atoms with E-state index in [0.29, 0.717) is 19.6 Å². The maximum absolute atomic E-state index is 12.5. The van der Waals surface area contributed by atoms with E-state index >= 15 is 0 Å². The van der Waals surface area contributed by atoms with Crippen molar-refractivity contribution in [3.63, 3.8) is 0 Å². The molecule has 1 N–H and O–H groups in total. The lowest BCUT2D eigenvalue weighted by Crippen LogP contribution is -2.44. The van der Waals surface area contributed by atoms with Gasteiger partial charge in [-0.2, -0.15) is 0 Å². The zero-order chi connectivity index (χ0) is 16.1. The van der Waals surface area contributed by atoms with Crippen molar-refractivity contribution in [1.29, 1.82) is 0 Å². The molecule has 0 aromatic heterocycles. The van der Waals surface area contributed by atoms with E-state index in [2.05, 4.69) is 34.5 Å². The summed E-state index contributed by atoms with van der Waals surface area (Å²) in [4.78, 5) is 16.7. The summed E-state index contributed by atoms with van der Waals surface area (Å²) in [6.07, 6.45) is 3.02. The van der Waals surface area contributed by atoms with Crippen molar-refractivity contribution < 1.29 is 9.53 Å². The van der Waals surface area contributed by atoms with Gasteiger partial charge in [-0.05, 0) is 24.5 Å². The minimum atomic E-state index is 0. The van der Waals surface area contributed by atoms with Crippen LogP contribution in [0.3, 0.4) is 0 Å². The molecular weight excluding hydrogens is 361 g/mol. The second kappa shape index (κ2) is 10.9. The molecule has 142 valence electrons. The van der Waals surface area contributed by atoms with Crippen molar-refractivity contribution in [2.75, 3.05) is 44.8 Å². The Morgan fingerprint density at radius 2 is 2.00 bits per heavy atom. The molecule has 5 nitrogen and oxygen atoms in total. The van der Waals surface area contributed by atoms with Crippen LogP contribution in [0.15, 0.2) is 24.3 Å². The summed E-state index contributed by atoms with van der Waals surface area (Å²) in [5.41, 5.74) is 2.52. The highest BCUT2D eigenvalue weighted by molar-refractivity contribution is 5.85. The van der Waals surface area contributed by atoms with Crippen LogP contribution in [0.4, 0.5) is 5.69 Å². The number of carbonyl (C=O) groups excluding carboxylic acids is 1. The Bertz CT molecular complexity index is 533. The van der Waals surface area contributed by atoms with Gasteiger partial charge in [0.05, 0.1) is 13.2 Å². The minimum absolute atomic E-state index is 0. The Hall–Kier alpha value is -1.01. The highest BCUT2D eigenvalue weighted by Crippen LogP contribution is 2.25. The second-order valence-corrected chi connectivity index (χ2v) is 6.50. The Morgan fingerprint density at radius 3 is 2.68 bits per heavy atom. The van der Waals surface area contributed by atoms with Gasteiger partial charge < -0.3 is 19.9 Å². The summed E-state index contributed by atoms with van der Waals surface area (Å²) in [5, 5.41) is 3.34. The third-order valence-electron chi connectivity index (χ3n) is 4.69. The zero-order valence-electron chi connectivity index (χ0n) is 14.8. The molecule has 0 bridgehead atoms. The van der Waals surface area contributed by atoms with Gasteiger partial charge in [0.25, 0.3) is 0 Å². The molecule has 0 aliphatic carbocycles. The van der Waals surface area contributed by atoms with Crippen molar-refractivity contribution in [3.8, 4) is 0 Å². The molecule has 0 radical (unpaired) electrons. The molecule has 2 fully saturated rings. The molecule has 3 rings (SSSR count). The smallest absolute Gasteiger partial charge is 0.224 e. The van der Waals surface area contributed by atoms with E-state index in [-0.39, 0.29) is 36.8 Å². The topological polar surface area (TPSA) is 44.8 Å². The SMILES string of the molecule is CN(Cc1ccccc1N1CCCC1)C(=O)CC1COCCN1.Cl.Cl. The molecule has 1 amide bonds. The van der Waals surface area contributed by atoms with Crippen LogP contribution in [0.25, 0.3) is 0 Å². The Balaban J connectivity index is 0.00000156. The first-order valence-electron chi connectivity index (χ1n) is 8.62. The Kier molecular flexibility index (Phi) is 9.57. The van der Waals surface area contributed by atoms with Gasteiger partial charge in [-0.25, -0.2) is 0 Å². The van der Waals surface area contributed by atoms with E-state index in [9.17, 15) is 4.79 Å². The van der Waals surface area contributed by atoms with E-state index < -0.39 is 0 Å². The van der Waals surface area contributed by atoms with Crippen LogP contribution in [-0.4, -0.2) is 56.7 Å². The zero-order valence-corrected chi connectivity index (χ0v) is 16.4. The maximum atomic E-state index is 12.5. The summed E-state index contributed by atoms with van der Waals surface area (Å²) in [5.74, 6) is 0.171. The molecule has 1 aromatic rings. The van der Waals surface area contributed by atoms with E-state index in [4.69, 9.17) is 4.74 Å². The summed E-state index contributed by atoms with van der Waals surface area (Å²) < 4.78 is 5.43. The van der Waals surface area contributed by atoms with Crippen LogP contribution in [0.2, 0.25) is 0 Å². The Labute approximate surface area is 162 Å². The molecule has 0 spiro atoms.